The van der Waals surface area contributed by atoms with Crippen molar-refractivity contribution < 1.29 is 0 Å². The minimum atomic E-state index is 0.555. The Bertz CT molecular complexity index is 273. The van der Waals surface area contributed by atoms with Crippen LogP contribution in [0.5, 0.6) is 0 Å². The number of aryl methyl sites for hydroxylation is 1. The summed E-state index contributed by atoms with van der Waals surface area (Å²) in [6.07, 6.45) is 0. The molecule has 11 heavy (non-hydrogen) atoms. The standard InChI is InChI=1S/C8H9ClIN/c1-5-2-6(4-11)8(10)7(9)3-5/h2-3H,4,11H2,1H3. The van der Waals surface area contributed by atoms with Gasteiger partial charge in [-0.15, -0.1) is 0 Å². The predicted molar refractivity (Wildman–Crippen MR) is 56.8 cm³/mol. The molecule has 0 unspecified atom stereocenters. The van der Waals surface area contributed by atoms with Crippen LogP contribution in [0.25, 0.3) is 0 Å². The SMILES string of the molecule is Cc1cc(Cl)c(I)c(CN)c1. The van der Waals surface area contributed by atoms with E-state index in [1.165, 1.54) is 0 Å². The van der Waals surface area contributed by atoms with Crippen molar-refractivity contribution >= 4 is 34.2 Å². The minimum Gasteiger partial charge on any atom is -0.326 e. The van der Waals surface area contributed by atoms with Crippen LogP contribution in [0.1, 0.15) is 11.1 Å². The second kappa shape index (κ2) is 3.74. The van der Waals surface area contributed by atoms with Gasteiger partial charge in [-0.25, -0.2) is 0 Å². The van der Waals surface area contributed by atoms with Crippen LogP contribution in [0.2, 0.25) is 5.02 Å². The zero-order valence-electron chi connectivity index (χ0n) is 6.20. The first-order valence-corrected chi connectivity index (χ1v) is 4.75. The van der Waals surface area contributed by atoms with Gasteiger partial charge in [-0.1, -0.05) is 17.7 Å². The van der Waals surface area contributed by atoms with Crippen molar-refractivity contribution in [3.8, 4) is 0 Å². The normalized spacial score (nSPS) is 10.2. The van der Waals surface area contributed by atoms with E-state index in [0.717, 1.165) is 19.7 Å². The lowest BCUT2D eigenvalue weighted by atomic mass is 10.1. The zero-order valence-corrected chi connectivity index (χ0v) is 9.11. The topological polar surface area (TPSA) is 26.0 Å². The van der Waals surface area contributed by atoms with Gasteiger partial charge in [0.15, 0.2) is 0 Å². The maximum atomic E-state index is 5.93. The van der Waals surface area contributed by atoms with Crippen LogP contribution in [0.4, 0.5) is 0 Å². The van der Waals surface area contributed by atoms with Gasteiger partial charge in [-0.2, -0.15) is 0 Å². The number of hydrogen-bond donors (Lipinski definition) is 1. The molecule has 0 bridgehead atoms. The molecular weight excluding hydrogens is 272 g/mol. The summed E-state index contributed by atoms with van der Waals surface area (Å²) in [4.78, 5) is 0. The average Bonchev–Trinajstić information content (AvgIpc) is 1.96. The van der Waals surface area contributed by atoms with Gasteiger partial charge in [0, 0.05) is 10.1 Å². The van der Waals surface area contributed by atoms with Crippen LogP contribution < -0.4 is 5.73 Å². The smallest absolute Gasteiger partial charge is 0.0545 e. The first-order chi connectivity index (χ1) is 5.15. The van der Waals surface area contributed by atoms with E-state index in [1.807, 2.05) is 13.0 Å². The third-order valence-electron chi connectivity index (χ3n) is 1.47. The fourth-order valence-corrected chi connectivity index (χ4v) is 1.77. The van der Waals surface area contributed by atoms with Crippen LogP contribution in [0.3, 0.4) is 0 Å². The summed E-state index contributed by atoms with van der Waals surface area (Å²) in [6.45, 7) is 2.57. The second-order valence-electron chi connectivity index (χ2n) is 2.42. The van der Waals surface area contributed by atoms with E-state index in [2.05, 4.69) is 28.7 Å². The van der Waals surface area contributed by atoms with Gasteiger partial charge in [-0.05, 0) is 46.7 Å². The molecule has 0 spiro atoms. The highest BCUT2D eigenvalue weighted by atomic mass is 127. The largest absolute Gasteiger partial charge is 0.326 e. The van der Waals surface area contributed by atoms with Crippen molar-refractivity contribution in [2.75, 3.05) is 0 Å². The van der Waals surface area contributed by atoms with Gasteiger partial charge in [0.1, 0.15) is 0 Å². The van der Waals surface area contributed by atoms with Gasteiger partial charge in [0.25, 0.3) is 0 Å². The highest BCUT2D eigenvalue weighted by Crippen LogP contribution is 2.23. The van der Waals surface area contributed by atoms with Gasteiger partial charge in [0.05, 0.1) is 5.02 Å². The Balaban J connectivity index is 3.24. The Labute approximate surface area is 85.1 Å². The summed E-state index contributed by atoms with van der Waals surface area (Å²) < 4.78 is 1.07. The van der Waals surface area contributed by atoms with Crippen LogP contribution in [0, 0.1) is 10.5 Å². The zero-order chi connectivity index (χ0) is 8.43. The Kier molecular flexibility index (Phi) is 3.16. The number of hydrogen-bond acceptors (Lipinski definition) is 1. The van der Waals surface area contributed by atoms with E-state index in [4.69, 9.17) is 17.3 Å². The van der Waals surface area contributed by atoms with Crippen molar-refractivity contribution in [3.63, 3.8) is 0 Å². The Morgan fingerprint density at radius 1 is 1.55 bits per heavy atom. The van der Waals surface area contributed by atoms with Gasteiger partial charge in [0.2, 0.25) is 0 Å². The third-order valence-corrected chi connectivity index (χ3v) is 3.36. The molecule has 0 saturated heterocycles. The fraction of sp³-hybridized carbons (Fsp3) is 0.250. The van der Waals surface area contributed by atoms with Crippen LogP contribution >= 0.6 is 34.2 Å². The highest BCUT2D eigenvalue weighted by Gasteiger charge is 2.02. The van der Waals surface area contributed by atoms with E-state index in [-0.39, 0.29) is 0 Å². The summed E-state index contributed by atoms with van der Waals surface area (Å²) in [7, 11) is 0. The lowest BCUT2D eigenvalue weighted by Gasteiger charge is -2.04. The number of benzene rings is 1. The summed E-state index contributed by atoms with van der Waals surface area (Å²) in [6, 6.07) is 4.01. The van der Waals surface area contributed by atoms with Crippen LogP contribution in [-0.4, -0.2) is 0 Å². The predicted octanol–water partition coefficient (Wildman–Crippen LogP) is 2.71. The van der Waals surface area contributed by atoms with Crippen molar-refractivity contribution in [2.45, 2.75) is 13.5 Å². The Morgan fingerprint density at radius 2 is 2.18 bits per heavy atom. The number of nitrogens with two attached hydrogens (primary N) is 1. The maximum Gasteiger partial charge on any atom is 0.0545 e. The summed E-state index contributed by atoms with van der Waals surface area (Å²) >= 11 is 8.14. The molecule has 0 amide bonds. The minimum absolute atomic E-state index is 0.555. The van der Waals surface area contributed by atoms with Crippen LogP contribution in [-0.2, 0) is 6.54 Å². The maximum absolute atomic E-state index is 5.93. The molecular formula is C8H9ClIN. The molecule has 1 aromatic carbocycles. The Morgan fingerprint density at radius 3 is 2.73 bits per heavy atom. The van der Waals surface area contributed by atoms with E-state index in [9.17, 15) is 0 Å². The van der Waals surface area contributed by atoms with Crippen molar-refractivity contribution in [3.05, 3.63) is 31.9 Å². The lowest BCUT2D eigenvalue weighted by Crippen LogP contribution is -1.99. The van der Waals surface area contributed by atoms with E-state index in [0.29, 0.717) is 6.54 Å². The van der Waals surface area contributed by atoms with Crippen molar-refractivity contribution in [1.29, 1.82) is 0 Å². The summed E-state index contributed by atoms with van der Waals surface area (Å²) in [5.41, 5.74) is 7.81. The first-order valence-electron chi connectivity index (χ1n) is 3.29. The molecule has 1 nitrogen and oxygen atoms in total. The third kappa shape index (κ3) is 2.07. The molecule has 0 aromatic heterocycles. The number of halogens is 2. The molecule has 0 heterocycles. The molecule has 60 valence electrons. The molecule has 0 radical (unpaired) electrons. The average molecular weight is 282 g/mol. The highest BCUT2D eigenvalue weighted by molar-refractivity contribution is 14.1. The first kappa shape index (κ1) is 9.29. The van der Waals surface area contributed by atoms with Crippen LogP contribution in [0.15, 0.2) is 12.1 Å². The Hall–Kier alpha value is 0.200. The van der Waals surface area contributed by atoms with Gasteiger partial charge >= 0.3 is 0 Å². The molecule has 1 aromatic rings. The summed E-state index contributed by atoms with van der Waals surface area (Å²) in [5, 5.41) is 0.797. The van der Waals surface area contributed by atoms with E-state index in [1.54, 1.807) is 0 Å². The lowest BCUT2D eigenvalue weighted by molar-refractivity contribution is 1.05. The number of rotatable bonds is 1. The monoisotopic (exact) mass is 281 g/mol. The fourth-order valence-electron chi connectivity index (χ4n) is 0.945. The van der Waals surface area contributed by atoms with Crippen molar-refractivity contribution in [2.24, 2.45) is 5.73 Å². The molecule has 0 saturated carbocycles. The molecule has 1 rings (SSSR count). The summed E-state index contributed by atoms with van der Waals surface area (Å²) in [5.74, 6) is 0. The van der Waals surface area contributed by atoms with Gasteiger partial charge in [-0.3, -0.25) is 0 Å². The van der Waals surface area contributed by atoms with Crippen molar-refractivity contribution in [1.82, 2.24) is 0 Å². The molecule has 3 heteroatoms. The second-order valence-corrected chi connectivity index (χ2v) is 3.91. The molecule has 0 atom stereocenters. The van der Waals surface area contributed by atoms with E-state index >= 15 is 0 Å². The van der Waals surface area contributed by atoms with E-state index < -0.39 is 0 Å². The van der Waals surface area contributed by atoms with Gasteiger partial charge < -0.3 is 5.73 Å². The molecule has 0 aliphatic heterocycles. The molecule has 0 aliphatic carbocycles. The quantitative estimate of drug-likeness (QED) is 0.787. The molecule has 0 fully saturated rings. The molecule has 0 aliphatic rings. The molecule has 2 N–H and O–H groups in total.